The van der Waals surface area contributed by atoms with E-state index < -0.39 is 5.97 Å². The molecule has 2 aromatic heterocycles. The van der Waals surface area contributed by atoms with Gasteiger partial charge in [-0.25, -0.2) is 4.79 Å². The zero-order chi connectivity index (χ0) is 32.2. The van der Waals surface area contributed by atoms with Gasteiger partial charge < -0.3 is 23.9 Å². The van der Waals surface area contributed by atoms with Crippen molar-refractivity contribution >= 4 is 27.6 Å². The maximum absolute atomic E-state index is 13.0. The molecular weight excluding hydrogens is 592 g/mol. The van der Waals surface area contributed by atoms with Gasteiger partial charge >= 0.3 is 5.97 Å². The van der Waals surface area contributed by atoms with Gasteiger partial charge in [0, 0.05) is 53.8 Å². The summed E-state index contributed by atoms with van der Waals surface area (Å²) in [5, 5.41) is 18.9. The number of hydrogen-bond donors (Lipinski definition) is 1. The molecule has 0 unspecified atom stereocenters. The molecule has 1 saturated heterocycles. The van der Waals surface area contributed by atoms with Gasteiger partial charge in [-0.3, -0.25) is 9.58 Å². The summed E-state index contributed by atoms with van der Waals surface area (Å²) in [4.78, 5) is 15.4. The number of carboxylic acids is 1. The lowest BCUT2D eigenvalue weighted by molar-refractivity contribution is 0.0358. The second-order valence-corrected chi connectivity index (χ2v) is 12.2. The molecule has 4 heterocycles. The predicted octanol–water partition coefficient (Wildman–Crippen LogP) is 6.35. The fraction of sp³-hybridized carbons (Fsp3) is 0.368. The number of hydrogen-bond acceptors (Lipinski definition) is 6. The molecule has 47 heavy (non-hydrogen) atoms. The van der Waals surface area contributed by atoms with E-state index in [1.54, 1.807) is 0 Å². The summed E-state index contributed by atoms with van der Waals surface area (Å²) in [7, 11) is 0. The molecule has 0 radical (unpaired) electrons. The van der Waals surface area contributed by atoms with Crippen LogP contribution in [-0.2, 0) is 42.0 Å². The van der Waals surface area contributed by atoms with E-state index in [0.29, 0.717) is 44.9 Å². The third kappa shape index (κ3) is 6.31. The van der Waals surface area contributed by atoms with Crippen molar-refractivity contribution in [2.75, 3.05) is 46.1 Å². The van der Waals surface area contributed by atoms with Crippen LogP contribution in [0.2, 0.25) is 0 Å². The summed E-state index contributed by atoms with van der Waals surface area (Å²) >= 11 is 0. The number of carboxylic acid groups (broad SMARTS) is 1. The third-order valence-corrected chi connectivity index (χ3v) is 9.34. The van der Waals surface area contributed by atoms with Gasteiger partial charge in [0.1, 0.15) is 11.4 Å². The van der Waals surface area contributed by atoms with Crippen molar-refractivity contribution in [3.8, 4) is 16.9 Å². The highest BCUT2D eigenvalue weighted by Gasteiger charge is 2.27. The molecule has 2 aliphatic rings. The summed E-state index contributed by atoms with van der Waals surface area (Å²) in [6.07, 6.45) is 6.03. The summed E-state index contributed by atoms with van der Waals surface area (Å²) in [6.45, 7) is 8.96. The number of allylic oxidation sites excluding steroid dienone is 1. The molecule has 9 heteroatoms. The van der Waals surface area contributed by atoms with Gasteiger partial charge in [0.25, 0.3) is 0 Å². The number of morpholine rings is 1. The highest BCUT2D eigenvalue weighted by Crippen LogP contribution is 2.39. The average molecular weight is 635 g/mol. The molecule has 0 bridgehead atoms. The number of aromatic carboxylic acids is 1. The monoisotopic (exact) mass is 634 g/mol. The van der Waals surface area contributed by atoms with Crippen LogP contribution in [-0.4, -0.2) is 76.4 Å². The SMILES string of the molecule is CCc1c2c(nn1CCN1CCOCC1)COC/C=C\Cn1c(C(=O)O)c(CCCOc3cccc4ccccc34)c3cccc-2c31. The Bertz CT molecular complexity index is 1910. The van der Waals surface area contributed by atoms with Gasteiger partial charge in [0.2, 0.25) is 0 Å². The Balaban J connectivity index is 1.26. The first kappa shape index (κ1) is 31.2. The van der Waals surface area contributed by atoms with Gasteiger partial charge in [-0.1, -0.05) is 73.7 Å². The number of ether oxygens (including phenoxy) is 3. The zero-order valence-electron chi connectivity index (χ0n) is 27.0. The number of rotatable bonds is 10. The van der Waals surface area contributed by atoms with Gasteiger partial charge in [-0.15, -0.1) is 0 Å². The minimum atomic E-state index is -0.922. The number of fused-ring (bicyclic) bond motifs is 3. The number of benzene rings is 3. The molecular formula is C38H42N4O5. The standard InChI is InChI=1S/C38H42N4O5/c1-2-33-35-31-14-8-13-29-30(15-9-23-47-34-16-7-11-27-10-3-4-12-28(27)34)37(38(43)44)41(36(29)31)17-5-6-22-46-26-32(35)39-42(33)19-18-40-20-24-45-25-21-40/h3-8,10-14,16H,2,9,15,17-26H2,1H3,(H,43,44)/b6-5-. The third-order valence-electron chi connectivity index (χ3n) is 9.34. The second kappa shape index (κ2) is 14.1. The molecule has 0 spiro atoms. The molecule has 0 amide bonds. The molecule has 5 aromatic rings. The number of nitrogens with zero attached hydrogens (tertiary/aromatic N) is 4. The number of para-hydroxylation sites is 1. The lowest BCUT2D eigenvalue weighted by Gasteiger charge is -2.26. The normalized spacial score (nSPS) is 16.2. The van der Waals surface area contributed by atoms with Crippen molar-refractivity contribution in [3.63, 3.8) is 0 Å². The van der Waals surface area contributed by atoms with E-state index in [2.05, 4.69) is 46.8 Å². The fourth-order valence-corrected chi connectivity index (χ4v) is 7.16. The lowest BCUT2D eigenvalue weighted by atomic mass is 9.97. The van der Waals surface area contributed by atoms with Crippen LogP contribution in [0.15, 0.2) is 72.8 Å². The van der Waals surface area contributed by atoms with Crippen LogP contribution in [0.5, 0.6) is 5.75 Å². The largest absolute Gasteiger partial charge is 0.493 e. The Morgan fingerprint density at radius 1 is 0.957 bits per heavy atom. The fourth-order valence-electron chi connectivity index (χ4n) is 7.16. The molecule has 0 saturated carbocycles. The van der Waals surface area contributed by atoms with Gasteiger partial charge in [0.05, 0.1) is 50.8 Å². The Hall–Kier alpha value is -4.44. The van der Waals surface area contributed by atoms with Gasteiger partial charge in [-0.2, -0.15) is 5.10 Å². The van der Waals surface area contributed by atoms with E-state index in [4.69, 9.17) is 19.3 Å². The van der Waals surface area contributed by atoms with E-state index in [0.717, 1.165) is 101 Å². The highest BCUT2D eigenvalue weighted by molar-refractivity contribution is 6.04. The van der Waals surface area contributed by atoms with Crippen LogP contribution in [0.3, 0.4) is 0 Å². The maximum Gasteiger partial charge on any atom is 0.352 e. The maximum atomic E-state index is 13.0. The van der Waals surface area contributed by atoms with Crippen molar-refractivity contribution in [1.29, 1.82) is 0 Å². The molecule has 3 aromatic carbocycles. The van der Waals surface area contributed by atoms with E-state index in [9.17, 15) is 9.90 Å². The molecule has 2 aliphatic heterocycles. The number of aromatic nitrogens is 3. The molecule has 0 atom stereocenters. The van der Waals surface area contributed by atoms with Crippen LogP contribution in [0.1, 0.15) is 40.8 Å². The Labute approximate surface area is 274 Å². The summed E-state index contributed by atoms with van der Waals surface area (Å²) in [5.41, 5.74) is 6.21. The number of aryl methyl sites for hydroxylation is 1. The quantitative estimate of drug-likeness (QED) is 0.141. The molecule has 1 N–H and O–H groups in total. The van der Waals surface area contributed by atoms with Crippen molar-refractivity contribution in [2.24, 2.45) is 0 Å². The predicted molar refractivity (Wildman–Crippen MR) is 183 cm³/mol. The van der Waals surface area contributed by atoms with Crippen LogP contribution >= 0.6 is 0 Å². The highest BCUT2D eigenvalue weighted by atomic mass is 16.5. The van der Waals surface area contributed by atoms with Crippen molar-refractivity contribution in [3.05, 3.63) is 95.5 Å². The molecule has 1 fully saturated rings. The molecule has 9 nitrogen and oxygen atoms in total. The second-order valence-electron chi connectivity index (χ2n) is 12.2. The van der Waals surface area contributed by atoms with E-state index in [1.807, 2.05) is 47.1 Å². The summed E-state index contributed by atoms with van der Waals surface area (Å²) in [6, 6.07) is 20.5. The van der Waals surface area contributed by atoms with E-state index in [-0.39, 0.29) is 0 Å². The van der Waals surface area contributed by atoms with Crippen LogP contribution in [0.4, 0.5) is 0 Å². The molecule has 7 rings (SSSR count). The van der Waals surface area contributed by atoms with Crippen LogP contribution in [0, 0.1) is 0 Å². The van der Waals surface area contributed by atoms with Crippen LogP contribution < -0.4 is 4.74 Å². The first-order valence-corrected chi connectivity index (χ1v) is 16.7. The number of carbonyl (C=O) groups is 1. The lowest BCUT2D eigenvalue weighted by Crippen LogP contribution is -2.38. The Morgan fingerprint density at radius 3 is 2.62 bits per heavy atom. The first-order valence-electron chi connectivity index (χ1n) is 16.7. The minimum Gasteiger partial charge on any atom is -0.493 e. The van der Waals surface area contributed by atoms with E-state index in [1.165, 1.54) is 0 Å². The Kier molecular flexibility index (Phi) is 9.37. The Morgan fingerprint density at radius 2 is 1.77 bits per heavy atom. The average Bonchev–Trinajstić information content (AvgIpc) is 3.61. The van der Waals surface area contributed by atoms with E-state index >= 15 is 0 Å². The summed E-state index contributed by atoms with van der Waals surface area (Å²) < 4.78 is 22.0. The van der Waals surface area contributed by atoms with Crippen molar-refractivity contribution in [1.82, 2.24) is 19.2 Å². The zero-order valence-corrected chi connectivity index (χ0v) is 27.0. The van der Waals surface area contributed by atoms with Crippen molar-refractivity contribution < 1.29 is 24.1 Å². The smallest absolute Gasteiger partial charge is 0.352 e. The van der Waals surface area contributed by atoms with Crippen LogP contribution in [0.25, 0.3) is 32.8 Å². The molecule has 244 valence electrons. The topological polar surface area (TPSA) is 91.0 Å². The minimum absolute atomic E-state index is 0.335. The van der Waals surface area contributed by atoms with Gasteiger partial charge in [0.15, 0.2) is 0 Å². The van der Waals surface area contributed by atoms with Crippen molar-refractivity contribution in [2.45, 2.75) is 45.9 Å². The van der Waals surface area contributed by atoms with Gasteiger partial charge in [-0.05, 0) is 36.3 Å². The molecule has 0 aliphatic carbocycles. The first-order chi connectivity index (χ1) is 23.1. The summed E-state index contributed by atoms with van der Waals surface area (Å²) in [5.74, 6) is -0.0767.